The highest BCUT2D eigenvalue weighted by atomic mass is 28.4. The van der Waals surface area contributed by atoms with Crippen molar-refractivity contribution in [1.29, 1.82) is 0 Å². The summed E-state index contributed by atoms with van der Waals surface area (Å²) in [4.78, 5) is 0. The van der Waals surface area contributed by atoms with Crippen molar-refractivity contribution in [2.45, 2.75) is 91.0 Å². The average molecular weight is 323 g/mol. The molecule has 0 amide bonds. The molecule has 128 valence electrons. The van der Waals surface area contributed by atoms with E-state index in [0.717, 1.165) is 6.42 Å². The first kappa shape index (κ1) is 19.7. The third-order valence-electron chi connectivity index (χ3n) is 6.15. The van der Waals surface area contributed by atoms with Crippen LogP contribution < -0.4 is 0 Å². The van der Waals surface area contributed by atoms with Crippen LogP contribution in [0.15, 0.2) is 24.8 Å². The predicted molar refractivity (Wildman–Crippen MR) is 102 cm³/mol. The van der Waals surface area contributed by atoms with Crippen molar-refractivity contribution in [2.24, 2.45) is 11.3 Å². The fourth-order valence-corrected chi connectivity index (χ4v) is 10.5. The van der Waals surface area contributed by atoms with E-state index in [-0.39, 0.29) is 11.5 Å². The highest BCUT2D eigenvalue weighted by Gasteiger charge is 2.53. The monoisotopic (exact) mass is 322 g/mol. The molecule has 1 saturated carbocycles. The Morgan fingerprint density at radius 2 is 1.59 bits per heavy atom. The summed E-state index contributed by atoms with van der Waals surface area (Å²) in [5.41, 5.74) is 3.21. The molecule has 1 aliphatic carbocycles. The highest BCUT2D eigenvalue weighted by molar-refractivity contribution is 6.77. The number of hydrogen-bond donors (Lipinski definition) is 0. The molecular formula is C20H38OSi. The summed E-state index contributed by atoms with van der Waals surface area (Å²) in [5, 5.41) is 0. The van der Waals surface area contributed by atoms with Gasteiger partial charge in [0.1, 0.15) is 0 Å². The lowest BCUT2D eigenvalue weighted by Gasteiger charge is -2.48. The lowest BCUT2D eigenvalue weighted by molar-refractivity contribution is 0.0789. The van der Waals surface area contributed by atoms with E-state index in [1.165, 1.54) is 12.0 Å². The summed E-state index contributed by atoms with van der Waals surface area (Å²) in [6.07, 6.45) is 4.74. The quantitative estimate of drug-likeness (QED) is 0.373. The minimum atomic E-state index is -1.87. The van der Waals surface area contributed by atoms with E-state index in [1.54, 1.807) is 0 Å². The SMILES string of the molecule is C=C[C@@]1(C)CC[C@H](C(=C)C)[C@H]1O[Si](C(C)C)(C(C)C)C(C)C. The van der Waals surface area contributed by atoms with Crippen LogP contribution >= 0.6 is 0 Å². The Bertz CT molecular complexity index is 388. The van der Waals surface area contributed by atoms with Crippen LogP contribution in [-0.2, 0) is 4.43 Å². The average Bonchev–Trinajstić information content (AvgIpc) is 2.72. The van der Waals surface area contributed by atoms with Crippen molar-refractivity contribution in [3.8, 4) is 0 Å². The van der Waals surface area contributed by atoms with Crippen LogP contribution in [0.5, 0.6) is 0 Å². The minimum absolute atomic E-state index is 0.0839. The second kappa shape index (κ2) is 7.05. The summed E-state index contributed by atoms with van der Waals surface area (Å²) in [7, 11) is -1.87. The predicted octanol–water partition coefficient (Wildman–Crippen LogP) is 6.73. The molecule has 1 fully saturated rings. The Balaban J connectivity index is 3.28. The van der Waals surface area contributed by atoms with Crippen LogP contribution in [0.3, 0.4) is 0 Å². The zero-order chi connectivity index (χ0) is 17.3. The molecule has 0 aromatic carbocycles. The number of rotatable bonds is 7. The maximum Gasteiger partial charge on any atom is 0.200 e. The molecule has 0 aliphatic heterocycles. The Kier molecular flexibility index (Phi) is 6.31. The van der Waals surface area contributed by atoms with Crippen molar-refractivity contribution in [3.63, 3.8) is 0 Å². The molecule has 3 atom stereocenters. The maximum absolute atomic E-state index is 7.17. The van der Waals surface area contributed by atoms with Gasteiger partial charge in [0.25, 0.3) is 0 Å². The van der Waals surface area contributed by atoms with Gasteiger partial charge in [-0.3, -0.25) is 0 Å². The molecule has 22 heavy (non-hydrogen) atoms. The van der Waals surface area contributed by atoms with Gasteiger partial charge < -0.3 is 4.43 Å². The first-order valence-corrected chi connectivity index (χ1v) is 11.1. The smallest absolute Gasteiger partial charge is 0.200 e. The van der Waals surface area contributed by atoms with E-state index in [2.05, 4.69) is 74.6 Å². The molecule has 0 saturated heterocycles. The fourth-order valence-electron chi connectivity index (χ4n) is 4.79. The van der Waals surface area contributed by atoms with E-state index < -0.39 is 8.32 Å². The molecule has 0 unspecified atom stereocenters. The van der Waals surface area contributed by atoms with Gasteiger partial charge in [-0.05, 0) is 36.4 Å². The van der Waals surface area contributed by atoms with Gasteiger partial charge in [-0.15, -0.1) is 6.58 Å². The van der Waals surface area contributed by atoms with Gasteiger partial charge >= 0.3 is 0 Å². The van der Waals surface area contributed by atoms with Gasteiger partial charge in [-0.25, -0.2) is 0 Å². The molecule has 0 aromatic heterocycles. The van der Waals surface area contributed by atoms with Crippen molar-refractivity contribution in [1.82, 2.24) is 0 Å². The Labute approximate surface area is 140 Å². The van der Waals surface area contributed by atoms with Crippen molar-refractivity contribution in [2.75, 3.05) is 0 Å². The molecule has 0 heterocycles. The molecule has 0 spiro atoms. The van der Waals surface area contributed by atoms with Gasteiger partial charge in [0.05, 0.1) is 6.10 Å². The topological polar surface area (TPSA) is 9.23 Å². The van der Waals surface area contributed by atoms with E-state index in [4.69, 9.17) is 4.43 Å². The van der Waals surface area contributed by atoms with E-state index in [1.807, 2.05) is 0 Å². The summed E-state index contributed by atoms with van der Waals surface area (Å²) in [6, 6.07) is 0. The third-order valence-corrected chi connectivity index (χ3v) is 12.2. The molecule has 0 aromatic rings. The Morgan fingerprint density at radius 3 is 1.91 bits per heavy atom. The summed E-state index contributed by atoms with van der Waals surface area (Å²) in [5.74, 6) is 0.478. The molecule has 1 rings (SSSR count). The molecular weight excluding hydrogens is 284 g/mol. The van der Waals surface area contributed by atoms with Crippen LogP contribution in [0, 0.1) is 11.3 Å². The van der Waals surface area contributed by atoms with Crippen molar-refractivity contribution < 1.29 is 4.43 Å². The summed E-state index contributed by atoms with van der Waals surface area (Å²) in [6.45, 7) is 27.1. The largest absolute Gasteiger partial charge is 0.412 e. The molecule has 2 heteroatoms. The molecule has 1 nitrogen and oxygen atoms in total. The zero-order valence-corrected chi connectivity index (χ0v) is 17.2. The van der Waals surface area contributed by atoms with Crippen molar-refractivity contribution >= 4 is 8.32 Å². The van der Waals surface area contributed by atoms with Crippen LogP contribution in [0.2, 0.25) is 16.6 Å². The van der Waals surface area contributed by atoms with Gasteiger partial charge in [0.15, 0.2) is 0 Å². The molecule has 0 radical (unpaired) electrons. The zero-order valence-electron chi connectivity index (χ0n) is 16.2. The van der Waals surface area contributed by atoms with Crippen LogP contribution in [0.4, 0.5) is 0 Å². The molecule has 1 aliphatic rings. The van der Waals surface area contributed by atoms with Gasteiger partial charge in [-0.2, -0.15) is 0 Å². The van der Waals surface area contributed by atoms with E-state index in [9.17, 15) is 0 Å². The normalized spacial score (nSPS) is 29.6. The van der Waals surface area contributed by atoms with Crippen LogP contribution in [-0.4, -0.2) is 14.4 Å². The second-order valence-corrected chi connectivity index (χ2v) is 14.0. The molecule has 0 bridgehead atoms. The van der Waals surface area contributed by atoms with E-state index in [0.29, 0.717) is 22.5 Å². The first-order valence-electron chi connectivity index (χ1n) is 8.99. The Hall–Kier alpha value is -0.343. The molecule has 0 N–H and O–H groups in total. The standard InChI is InChI=1S/C20H38OSi/c1-11-20(10)13-12-18(14(2)3)19(20)21-22(15(4)5,16(6)7)17(8)9/h11,15-19H,1-2,12-13H2,3-10H3/t18-,19-,20+/m1/s1. The lowest BCUT2D eigenvalue weighted by atomic mass is 9.84. The summed E-state index contributed by atoms with van der Waals surface area (Å²) >= 11 is 0. The van der Waals surface area contributed by atoms with Crippen molar-refractivity contribution in [3.05, 3.63) is 24.8 Å². The summed E-state index contributed by atoms with van der Waals surface area (Å²) < 4.78 is 7.17. The first-order chi connectivity index (χ1) is 10.0. The van der Waals surface area contributed by atoms with Crippen LogP contribution in [0.1, 0.15) is 68.2 Å². The Morgan fingerprint density at radius 1 is 1.14 bits per heavy atom. The fraction of sp³-hybridized carbons (Fsp3) is 0.800. The van der Waals surface area contributed by atoms with Gasteiger partial charge in [0, 0.05) is 11.3 Å². The highest BCUT2D eigenvalue weighted by Crippen LogP contribution is 2.52. The van der Waals surface area contributed by atoms with Crippen LogP contribution in [0.25, 0.3) is 0 Å². The second-order valence-electron chi connectivity index (χ2n) is 8.56. The maximum atomic E-state index is 7.17. The van der Waals surface area contributed by atoms with Gasteiger partial charge in [-0.1, -0.05) is 66.7 Å². The minimum Gasteiger partial charge on any atom is -0.412 e. The third kappa shape index (κ3) is 3.28. The van der Waals surface area contributed by atoms with Gasteiger partial charge in [0.2, 0.25) is 8.32 Å². The number of hydrogen-bond acceptors (Lipinski definition) is 1. The van der Waals surface area contributed by atoms with E-state index >= 15 is 0 Å². The lowest BCUT2D eigenvalue weighted by Crippen LogP contribution is -2.53.